The molecule has 0 aliphatic carbocycles. The second-order valence-corrected chi connectivity index (χ2v) is 6.61. The predicted octanol–water partition coefficient (Wildman–Crippen LogP) is 2.63. The van der Waals surface area contributed by atoms with Crippen LogP contribution in [0.25, 0.3) is 0 Å². The summed E-state index contributed by atoms with van der Waals surface area (Å²) in [7, 11) is -3.40. The maximum atomic E-state index is 12.2. The molecule has 0 saturated heterocycles. The van der Waals surface area contributed by atoms with Gasteiger partial charge in [0, 0.05) is 6.04 Å². The van der Waals surface area contributed by atoms with E-state index in [-0.39, 0.29) is 12.0 Å². The smallest absolute Gasteiger partial charge is 0.208 e. The van der Waals surface area contributed by atoms with E-state index in [0.29, 0.717) is 4.90 Å². The summed E-state index contributed by atoms with van der Waals surface area (Å²) in [6, 6.07) is 5.30. The molecule has 0 heterocycles. The Morgan fingerprint density at radius 1 is 1.12 bits per heavy atom. The van der Waals surface area contributed by atoms with Gasteiger partial charge in [0.05, 0.1) is 4.90 Å². The molecule has 1 aromatic carbocycles. The zero-order chi connectivity index (χ0) is 13.2. The Labute approximate surface area is 104 Å². The van der Waals surface area contributed by atoms with Gasteiger partial charge < -0.3 is 0 Å². The van der Waals surface area contributed by atoms with Gasteiger partial charge in [-0.1, -0.05) is 31.5 Å². The molecule has 0 radical (unpaired) electrons. The molecule has 1 unspecified atom stereocenters. The third-order valence-corrected chi connectivity index (χ3v) is 4.68. The minimum atomic E-state index is -3.40. The van der Waals surface area contributed by atoms with Gasteiger partial charge in [0.2, 0.25) is 10.0 Å². The molecule has 1 rings (SSSR count). The monoisotopic (exact) mass is 255 g/mol. The fourth-order valence-corrected chi connectivity index (χ4v) is 3.16. The average molecular weight is 255 g/mol. The van der Waals surface area contributed by atoms with E-state index in [4.69, 9.17) is 0 Å². The van der Waals surface area contributed by atoms with Gasteiger partial charge in [0.15, 0.2) is 0 Å². The average Bonchev–Trinajstić information content (AvgIpc) is 2.15. The topological polar surface area (TPSA) is 46.2 Å². The van der Waals surface area contributed by atoms with Crippen molar-refractivity contribution in [1.82, 2.24) is 4.72 Å². The number of sulfonamides is 1. The van der Waals surface area contributed by atoms with E-state index < -0.39 is 10.0 Å². The highest BCUT2D eigenvalue weighted by molar-refractivity contribution is 7.89. The first kappa shape index (κ1) is 14.2. The Bertz CT molecular complexity index is 492. The summed E-state index contributed by atoms with van der Waals surface area (Å²) in [6.07, 6.45) is 0. The van der Waals surface area contributed by atoms with Crippen LogP contribution in [0.4, 0.5) is 0 Å². The van der Waals surface area contributed by atoms with Crippen molar-refractivity contribution >= 4 is 10.0 Å². The van der Waals surface area contributed by atoms with E-state index >= 15 is 0 Å². The molecule has 1 N–H and O–H groups in total. The van der Waals surface area contributed by atoms with Crippen molar-refractivity contribution in [3.63, 3.8) is 0 Å². The van der Waals surface area contributed by atoms with Gasteiger partial charge in [-0.25, -0.2) is 13.1 Å². The van der Waals surface area contributed by atoms with Gasteiger partial charge in [-0.05, 0) is 38.3 Å². The quantitative estimate of drug-likeness (QED) is 0.899. The van der Waals surface area contributed by atoms with Crippen LogP contribution < -0.4 is 4.72 Å². The van der Waals surface area contributed by atoms with Crippen molar-refractivity contribution in [3.05, 3.63) is 29.3 Å². The van der Waals surface area contributed by atoms with Crippen LogP contribution in [0.15, 0.2) is 23.1 Å². The highest BCUT2D eigenvalue weighted by Crippen LogP contribution is 2.17. The van der Waals surface area contributed by atoms with Crippen molar-refractivity contribution in [2.75, 3.05) is 0 Å². The molecule has 4 heteroatoms. The number of benzene rings is 1. The van der Waals surface area contributed by atoms with Gasteiger partial charge in [-0.2, -0.15) is 0 Å². The third-order valence-electron chi connectivity index (χ3n) is 2.96. The SMILES string of the molecule is Cc1ccc(S(=O)(=O)NC(C)C(C)C)c(C)c1. The van der Waals surface area contributed by atoms with Crippen LogP contribution in [0, 0.1) is 19.8 Å². The minimum Gasteiger partial charge on any atom is -0.208 e. The molecule has 0 saturated carbocycles. The first-order chi connectivity index (χ1) is 7.74. The lowest BCUT2D eigenvalue weighted by atomic mass is 10.1. The molecule has 0 aromatic heterocycles. The molecule has 0 aliphatic rings. The third kappa shape index (κ3) is 3.54. The second kappa shape index (κ2) is 5.19. The van der Waals surface area contributed by atoms with E-state index in [1.807, 2.05) is 46.8 Å². The van der Waals surface area contributed by atoms with Crippen molar-refractivity contribution in [2.45, 2.75) is 45.6 Å². The van der Waals surface area contributed by atoms with Crippen LogP contribution >= 0.6 is 0 Å². The molecule has 0 bridgehead atoms. The van der Waals surface area contributed by atoms with Gasteiger partial charge in [-0.15, -0.1) is 0 Å². The summed E-state index contributed by atoms with van der Waals surface area (Å²) in [5.41, 5.74) is 1.85. The molecule has 1 atom stereocenters. The van der Waals surface area contributed by atoms with E-state index in [9.17, 15) is 8.42 Å². The van der Waals surface area contributed by atoms with Gasteiger partial charge in [-0.3, -0.25) is 0 Å². The summed E-state index contributed by atoms with van der Waals surface area (Å²) in [6.45, 7) is 9.64. The first-order valence-electron chi connectivity index (χ1n) is 5.83. The maximum absolute atomic E-state index is 12.2. The zero-order valence-electron chi connectivity index (χ0n) is 11.1. The van der Waals surface area contributed by atoms with Crippen molar-refractivity contribution < 1.29 is 8.42 Å². The van der Waals surface area contributed by atoms with E-state index in [0.717, 1.165) is 11.1 Å². The lowest BCUT2D eigenvalue weighted by Crippen LogP contribution is -2.36. The predicted molar refractivity (Wildman–Crippen MR) is 70.5 cm³/mol. The zero-order valence-corrected chi connectivity index (χ0v) is 11.9. The van der Waals surface area contributed by atoms with E-state index in [1.54, 1.807) is 6.07 Å². The van der Waals surface area contributed by atoms with Crippen LogP contribution in [0.1, 0.15) is 31.9 Å². The van der Waals surface area contributed by atoms with Crippen LogP contribution in [-0.2, 0) is 10.0 Å². The summed E-state index contributed by atoms with van der Waals surface area (Å²) in [4.78, 5) is 0.371. The highest BCUT2D eigenvalue weighted by atomic mass is 32.2. The summed E-state index contributed by atoms with van der Waals surface area (Å²) in [5, 5.41) is 0. The Hall–Kier alpha value is -0.870. The van der Waals surface area contributed by atoms with Gasteiger partial charge in [0.25, 0.3) is 0 Å². The molecule has 3 nitrogen and oxygen atoms in total. The largest absolute Gasteiger partial charge is 0.241 e. The summed E-state index contributed by atoms with van der Waals surface area (Å²) < 4.78 is 27.0. The fourth-order valence-electron chi connectivity index (χ4n) is 1.55. The molecule has 17 heavy (non-hydrogen) atoms. The molecule has 0 aliphatic heterocycles. The number of aryl methyl sites for hydroxylation is 2. The number of rotatable bonds is 4. The maximum Gasteiger partial charge on any atom is 0.241 e. The fraction of sp³-hybridized carbons (Fsp3) is 0.538. The molecule has 1 aromatic rings. The molecule has 96 valence electrons. The Morgan fingerprint density at radius 3 is 2.18 bits per heavy atom. The lowest BCUT2D eigenvalue weighted by molar-refractivity contribution is 0.476. The van der Waals surface area contributed by atoms with Crippen LogP contribution in [0.3, 0.4) is 0 Å². The van der Waals surface area contributed by atoms with Crippen molar-refractivity contribution in [1.29, 1.82) is 0 Å². The standard InChI is InChI=1S/C13H21NO2S/c1-9(2)12(5)14-17(15,16)13-7-6-10(3)8-11(13)4/h6-9,12,14H,1-5H3. The number of nitrogens with one attached hydrogen (secondary N) is 1. The molecule has 0 amide bonds. The summed E-state index contributed by atoms with van der Waals surface area (Å²) in [5.74, 6) is 0.274. The normalized spacial score (nSPS) is 14.0. The Morgan fingerprint density at radius 2 is 1.71 bits per heavy atom. The second-order valence-electron chi connectivity index (χ2n) is 4.92. The number of hydrogen-bond acceptors (Lipinski definition) is 2. The van der Waals surface area contributed by atoms with Crippen molar-refractivity contribution in [2.24, 2.45) is 5.92 Å². The van der Waals surface area contributed by atoms with Crippen LogP contribution in [0.5, 0.6) is 0 Å². The Balaban J connectivity index is 3.06. The van der Waals surface area contributed by atoms with Crippen LogP contribution in [0.2, 0.25) is 0 Å². The number of hydrogen-bond donors (Lipinski definition) is 1. The molecule has 0 fully saturated rings. The molecular weight excluding hydrogens is 234 g/mol. The molecule has 0 spiro atoms. The first-order valence-corrected chi connectivity index (χ1v) is 7.32. The van der Waals surface area contributed by atoms with E-state index in [2.05, 4.69) is 4.72 Å². The highest BCUT2D eigenvalue weighted by Gasteiger charge is 2.20. The molecular formula is C13H21NO2S. The van der Waals surface area contributed by atoms with Gasteiger partial charge >= 0.3 is 0 Å². The summed E-state index contributed by atoms with van der Waals surface area (Å²) >= 11 is 0. The van der Waals surface area contributed by atoms with E-state index in [1.165, 1.54) is 0 Å². The van der Waals surface area contributed by atoms with Gasteiger partial charge in [0.1, 0.15) is 0 Å². The van der Waals surface area contributed by atoms with Crippen LogP contribution in [-0.4, -0.2) is 14.5 Å². The van der Waals surface area contributed by atoms with Crippen molar-refractivity contribution in [3.8, 4) is 0 Å². The lowest BCUT2D eigenvalue weighted by Gasteiger charge is -2.18. The minimum absolute atomic E-state index is 0.0688. The Kier molecular flexibility index (Phi) is 4.33.